The summed E-state index contributed by atoms with van der Waals surface area (Å²) in [6, 6.07) is 13.3. The van der Waals surface area contributed by atoms with Gasteiger partial charge in [-0.1, -0.05) is 29.8 Å². The fraction of sp³-hybridized carbons (Fsp3) is 0.316. The smallest absolute Gasteiger partial charge is 0.239 e. The summed E-state index contributed by atoms with van der Waals surface area (Å²) in [7, 11) is -3.52. The standard InChI is InChI=1S/C19H20N2O2S2/c1-13-9-10-18(14(2)12-13)25(22,23)21-11-5-7-16(21)19-20-15-6-3-4-8-17(15)24-19/h3-4,6,8-10,12,16H,5,7,11H2,1-2H3/t16-/m1/s1. The number of para-hydroxylation sites is 1. The van der Waals surface area contributed by atoms with E-state index in [2.05, 4.69) is 0 Å². The first-order valence-electron chi connectivity index (χ1n) is 8.41. The van der Waals surface area contributed by atoms with E-state index in [1.54, 1.807) is 21.7 Å². The zero-order valence-electron chi connectivity index (χ0n) is 14.3. The lowest BCUT2D eigenvalue weighted by atomic mass is 10.2. The number of fused-ring (bicyclic) bond motifs is 1. The van der Waals surface area contributed by atoms with Crippen LogP contribution in [0.5, 0.6) is 0 Å². The van der Waals surface area contributed by atoms with Crippen LogP contribution in [0.2, 0.25) is 0 Å². The van der Waals surface area contributed by atoms with Crippen molar-refractivity contribution >= 4 is 31.6 Å². The second-order valence-electron chi connectivity index (χ2n) is 6.56. The Morgan fingerprint density at radius 1 is 1.16 bits per heavy atom. The average Bonchev–Trinajstić information content (AvgIpc) is 3.21. The lowest BCUT2D eigenvalue weighted by molar-refractivity contribution is 0.396. The van der Waals surface area contributed by atoms with Gasteiger partial charge in [0.05, 0.1) is 21.2 Å². The minimum atomic E-state index is -3.52. The van der Waals surface area contributed by atoms with Crippen LogP contribution in [0, 0.1) is 13.8 Å². The molecule has 0 radical (unpaired) electrons. The molecule has 6 heteroatoms. The fourth-order valence-electron chi connectivity index (χ4n) is 3.52. The van der Waals surface area contributed by atoms with Gasteiger partial charge in [0, 0.05) is 6.54 Å². The van der Waals surface area contributed by atoms with Crippen molar-refractivity contribution in [2.75, 3.05) is 6.54 Å². The van der Waals surface area contributed by atoms with Gasteiger partial charge in [-0.2, -0.15) is 4.31 Å². The molecule has 4 rings (SSSR count). The van der Waals surface area contributed by atoms with Crippen LogP contribution in [0.1, 0.15) is 35.0 Å². The van der Waals surface area contributed by atoms with Gasteiger partial charge in [-0.05, 0) is 50.5 Å². The van der Waals surface area contributed by atoms with E-state index in [-0.39, 0.29) is 6.04 Å². The van der Waals surface area contributed by atoms with E-state index in [9.17, 15) is 8.42 Å². The maximum atomic E-state index is 13.3. The molecule has 0 N–H and O–H groups in total. The number of nitrogens with zero attached hydrogens (tertiary/aromatic N) is 2. The van der Waals surface area contributed by atoms with Crippen molar-refractivity contribution in [2.45, 2.75) is 37.6 Å². The van der Waals surface area contributed by atoms with Gasteiger partial charge in [-0.15, -0.1) is 11.3 Å². The van der Waals surface area contributed by atoms with Crippen molar-refractivity contribution in [1.82, 2.24) is 9.29 Å². The van der Waals surface area contributed by atoms with E-state index >= 15 is 0 Å². The molecule has 130 valence electrons. The zero-order valence-corrected chi connectivity index (χ0v) is 15.9. The molecule has 1 aromatic heterocycles. The largest absolute Gasteiger partial charge is 0.243 e. The second kappa shape index (κ2) is 6.20. The van der Waals surface area contributed by atoms with Gasteiger partial charge in [-0.3, -0.25) is 0 Å². The summed E-state index contributed by atoms with van der Waals surface area (Å²) in [5.74, 6) is 0. The summed E-state index contributed by atoms with van der Waals surface area (Å²) in [5.41, 5.74) is 2.81. The van der Waals surface area contributed by atoms with E-state index < -0.39 is 10.0 Å². The highest BCUT2D eigenvalue weighted by molar-refractivity contribution is 7.89. The predicted molar refractivity (Wildman–Crippen MR) is 101 cm³/mol. The first-order valence-corrected chi connectivity index (χ1v) is 10.7. The Bertz CT molecular complexity index is 1010. The second-order valence-corrected chi connectivity index (χ2v) is 9.48. The molecule has 1 saturated heterocycles. The van der Waals surface area contributed by atoms with Crippen LogP contribution in [0.25, 0.3) is 10.2 Å². The highest BCUT2D eigenvalue weighted by Gasteiger charge is 2.38. The molecule has 0 unspecified atom stereocenters. The van der Waals surface area contributed by atoms with Gasteiger partial charge >= 0.3 is 0 Å². The maximum Gasteiger partial charge on any atom is 0.243 e. The minimum absolute atomic E-state index is 0.164. The Labute approximate surface area is 152 Å². The third kappa shape index (κ3) is 2.88. The number of aromatic nitrogens is 1. The minimum Gasteiger partial charge on any atom is -0.239 e. The normalized spacial score (nSPS) is 18.9. The number of sulfonamides is 1. The monoisotopic (exact) mass is 372 g/mol. The average molecular weight is 373 g/mol. The van der Waals surface area contributed by atoms with Gasteiger partial charge in [0.2, 0.25) is 10.0 Å². The van der Waals surface area contributed by atoms with E-state index in [4.69, 9.17) is 4.98 Å². The van der Waals surface area contributed by atoms with E-state index in [1.807, 2.05) is 50.2 Å². The van der Waals surface area contributed by atoms with E-state index in [1.165, 1.54) is 0 Å². The zero-order chi connectivity index (χ0) is 17.6. The molecule has 4 nitrogen and oxygen atoms in total. The number of benzene rings is 2. The van der Waals surface area contributed by atoms with Crippen LogP contribution < -0.4 is 0 Å². The maximum absolute atomic E-state index is 13.3. The highest BCUT2D eigenvalue weighted by Crippen LogP contribution is 2.40. The molecule has 25 heavy (non-hydrogen) atoms. The van der Waals surface area contributed by atoms with E-state index in [0.717, 1.165) is 39.2 Å². The molecule has 1 aliphatic heterocycles. The van der Waals surface area contributed by atoms with Crippen LogP contribution in [0.4, 0.5) is 0 Å². The van der Waals surface area contributed by atoms with Crippen molar-refractivity contribution in [3.8, 4) is 0 Å². The Hall–Kier alpha value is -1.76. The molecule has 0 amide bonds. The van der Waals surface area contributed by atoms with Gasteiger partial charge in [0.15, 0.2) is 0 Å². The van der Waals surface area contributed by atoms with Crippen molar-refractivity contribution in [2.24, 2.45) is 0 Å². The topological polar surface area (TPSA) is 50.3 Å². The molecule has 1 aliphatic rings. The molecule has 0 spiro atoms. The van der Waals surface area contributed by atoms with Gasteiger partial charge in [0.25, 0.3) is 0 Å². The van der Waals surface area contributed by atoms with Crippen LogP contribution in [-0.4, -0.2) is 24.3 Å². The van der Waals surface area contributed by atoms with Crippen molar-refractivity contribution in [1.29, 1.82) is 0 Å². The Balaban J connectivity index is 1.75. The fourth-order valence-corrected chi connectivity index (χ4v) is 6.57. The number of hydrogen-bond donors (Lipinski definition) is 0. The van der Waals surface area contributed by atoms with Crippen molar-refractivity contribution < 1.29 is 8.42 Å². The quantitative estimate of drug-likeness (QED) is 0.683. The first-order chi connectivity index (χ1) is 12.0. The van der Waals surface area contributed by atoms with Crippen LogP contribution >= 0.6 is 11.3 Å². The summed E-state index contributed by atoms with van der Waals surface area (Å²) < 4.78 is 29.3. The molecule has 1 fully saturated rings. The molecule has 1 atom stereocenters. The molecular formula is C19H20N2O2S2. The third-order valence-corrected chi connectivity index (χ3v) is 7.92. The molecule has 0 aliphatic carbocycles. The van der Waals surface area contributed by atoms with Crippen molar-refractivity contribution in [3.63, 3.8) is 0 Å². The van der Waals surface area contributed by atoms with Crippen molar-refractivity contribution in [3.05, 3.63) is 58.6 Å². The van der Waals surface area contributed by atoms with Gasteiger partial charge in [-0.25, -0.2) is 13.4 Å². The Morgan fingerprint density at radius 3 is 2.72 bits per heavy atom. The molecule has 0 saturated carbocycles. The number of thiazole rings is 1. The molecule has 3 aromatic rings. The van der Waals surface area contributed by atoms with E-state index in [0.29, 0.717) is 11.4 Å². The molecule has 2 heterocycles. The van der Waals surface area contributed by atoms with Gasteiger partial charge < -0.3 is 0 Å². The first kappa shape index (κ1) is 16.7. The lowest BCUT2D eigenvalue weighted by Crippen LogP contribution is -2.31. The number of aryl methyl sites for hydroxylation is 2. The summed E-state index contributed by atoms with van der Waals surface area (Å²) in [6.45, 7) is 4.39. The molecule has 2 aromatic carbocycles. The number of rotatable bonds is 3. The Morgan fingerprint density at radius 2 is 1.96 bits per heavy atom. The third-order valence-electron chi connectivity index (χ3n) is 4.72. The number of hydrogen-bond acceptors (Lipinski definition) is 4. The molecular weight excluding hydrogens is 352 g/mol. The SMILES string of the molecule is Cc1ccc(S(=O)(=O)N2CCC[C@@H]2c2nc3ccccc3s2)c(C)c1. The summed E-state index contributed by atoms with van der Waals surface area (Å²) in [6.07, 6.45) is 1.69. The Kier molecular flexibility index (Phi) is 4.14. The van der Waals surface area contributed by atoms with Crippen LogP contribution in [0.15, 0.2) is 47.4 Å². The molecule has 0 bridgehead atoms. The van der Waals surface area contributed by atoms with Crippen LogP contribution in [0.3, 0.4) is 0 Å². The van der Waals surface area contributed by atoms with Gasteiger partial charge in [0.1, 0.15) is 5.01 Å². The predicted octanol–water partition coefficient (Wildman–Crippen LogP) is 4.44. The summed E-state index contributed by atoms with van der Waals surface area (Å²) >= 11 is 1.60. The lowest BCUT2D eigenvalue weighted by Gasteiger charge is -2.23. The summed E-state index contributed by atoms with van der Waals surface area (Å²) in [4.78, 5) is 5.11. The van der Waals surface area contributed by atoms with Crippen LogP contribution in [-0.2, 0) is 10.0 Å². The summed E-state index contributed by atoms with van der Waals surface area (Å²) in [5, 5.41) is 0.895. The highest BCUT2D eigenvalue weighted by atomic mass is 32.2.